The monoisotopic (exact) mass is 482 g/mol. The smallest absolute Gasteiger partial charge is 0.308 e. The molecule has 6 nitrogen and oxygen atoms in total. The van der Waals surface area contributed by atoms with E-state index in [1.165, 1.54) is 5.56 Å². The number of hydrogen-bond acceptors (Lipinski definition) is 6. The number of ether oxygens (including phenoxy) is 1. The van der Waals surface area contributed by atoms with E-state index in [0.29, 0.717) is 19.4 Å². The van der Waals surface area contributed by atoms with E-state index < -0.39 is 12.1 Å². The molecule has 34 heavy (non-hydrogen) atoms. The zero-order chi connectivity index (χ0) is 23.9. The van der Waals surface area contributed by atoms with Crippen molar-refractivity contribution < 1.29 is 19.7 Å². The third kappa shape index (κ3) is 6.14. The lowest BCUT2D eigenvalue weighted by atomic mass is 9.81. The average Bonchev–Trinajstić information content (AvgIpc) is 3.38. The van der Waals surface area contributed by atoms with Gasteiger partial charge in [0.25, 0.3) is 0 Å². The molecule has 7 heteroatoms. The van der Waals surface area contributed by atoms with Crippen molar-refractivity contribution in [3.8, 4) is 5.75 Å². The van der Waals surface area contributed by atoms with Crippen molar-refractivity contribution in [2.24, 2.45) is 11.8 Å². The van der Waals surface area contributed by atoms with Crippen LogP contribution in [-0.2, 0) is 11.2 Å². The maximum Gasteiger partial charge on any atom is 0.308 e. The minimum absolute atomic E-state index is 0.0804. The summed E-state index contributed by atoms with van der Waals surface area (Å²) >= 11 is 1.73. The molecule has 0 radical (unpaired) electrons. The summed E-state index contributed by atoms with van der Waals surface area (Å²) in [4.78, 5) is 18.7. The maximum atomic E-state index is 12.0. The number of aliphatic hydroxyl groups is 1. The highest BCUT2D eigenvalue weighted by Crippen LogP contribution is 2.33. The van der Waals surface area contributed by atoms with Crippen molar-refractivity contribution in [3.05, 3.63) is 58.4 Å². The molecule has 0 saturated carbocycles. The minimum atomic E-state index is -0.721. The molecule has 0 bridgehead atoms. The molecule has 0 spiro atoms. The van der Waals surface area contributed by atoms with E-state index in [-0.39, 0.29) is 11.8 Å². The van der Waals surface area contributed by atoms with E-state index in [9.17, 15) is 15.0 Å². The van der Waals surface area contributed by atoms with E-state index >= 15 is 0 Å². The predicted molar refractivity (Wildman–Crippen MR) is 135 cm³/mol. The molecule has 2 aromatic heterocycles. The molecule has 0 unspecified atom stereocenters. The molecule has 1 aromatic carbocycles. The van der Waals surface area contributed by atoms with E-state index in [2.05, 4.69) is 26.7 Å². The van der Waals surface area contributed by atoms with Crippen molar-refractivity contribution in [3.63, 3.8) is 0 Å². The van der Waals surface area contributed by atoms with Gasteiger partial charge in [0.1, 0.15) is 5.75 Å². The fourth-order valence-electron chi connectivity index (χ4n) is 5.09. The van der Waals surface area contributed by atoms with E-state index in [1.54, 1.807) is 24.6 Å². The normalized spacial score (nSPS) is 19.8. The van der Waals surface area contributed by atoms with Crippen LogP contribution in [0.2, 0.25) is 0 Å². The van der Waals surface area contributed by atoms with E-state index in [0.717, 1.165) is 61.0 Å². The molecule has 4 rings (SSSR count). The van der Waals surface area contributed by atoms with Gasteiger partial charge in [-0.15, -0.1) is 0 Å². The van der Waals surface area contributed by atoms with Gasteiger partial charge in [0.05, 0.1) is 24.6 Å². The average molecular weight is 483 g/mol. The number of aryl methyl sites for hydroxylation is 1. The Labute approximate surface area is 205 Å². The molecule has 182 valence electrons. The minimum Gasteiger partial charge on any atom is -0.497 e. The Bertz CT molecular complexity index is 1070. The summed E-state index contributed by atoms with van der Waals surface area (Å²) in [5.41, 5.74) is 3.03. The number of methoxy groups -OCH3 is 1. The lowest BCUT2D eigenvalue weighted by Gasteiger charge is -2.37. The van der Waals surface area contributed by atoms with Crippen molar-refractivity contribution >= 4 is 28.2 Å². The molecular formula is C27H34N2O4S. The van der Waals surface area contributed by atoms with Crippen LogP contribution in [-0.4, -0.2) is 52.8 Å². The second-order valence-electron chi connectivity index (χ2n) is 9.26. The molecule has 1 fully saturated rings. The fourth-order valence-corrected chi connectivity index (χ4v) is 5.79. The van der Waals surface area contributed by atoms with Crippen LogP contribution < -0.4 is 4.74 Å². The van der Waals surface area contributed by atoms with Gasteiger partial charge in [0.15, 0.2) is 0 Å². The number of hydrogen-bond donors (Lipinski definition) is 2. The number of nitrogens with zero attached hydrogens (tertiary/aromatic N) is 2. The zero-order valence-corrected chi connectivity index (χ0v) is 20.5. The largest absolute Gasteiger partial charge is 0.497 e. The van der Waals surface area contributed by atoms with Gasteiger partial charge in [-0.05, 0) is 110 Å². The number of piperidine rings is 1. The van der Waals surface area contributed by atoms with Crippen LogP contribution in [0, 0.1) is 11.8 Å². The number of carboxylic acids is 1. The fraction of sp³-hybridized carbons (Fsp3) is 0.481. The van der Waals surface area contributed by atoms with Crippen molar-refractivity contribution in [2.45, 2.75) is 44.6 Å². The standard InChI is InChI=1S/C27H34N2O4S/c1-33-21-6-7-25-23(16-21)22(9-12-28-25)26(30)8-5-20-10-14-29(17-24(20)27(31)32)13-3-2-4-19-11-15-34-18-19/h6-7,9,11-12,15-16,18,20,24,26,30H,2-5,8,10,13-14,17H2,1H3,(H,31,32)/t20-,24+,26-/m1/s1. The van der Waals surface area contributed by atoms with Gasteiger partial charge in [-0.3, -0.25) is 9.78 Å². The first-order valence-electron chi connectivity index (χ1n) is 12.1. The van der Waals surface area contributed by atoms with Gasteiger partial charge in [-0.1, -0.05) is 0 Å². The molecule has 1 saturated heterocycles. The van der Waals surface area contributed by atoms with Gasteiger partial charge < -0.3 is 19.8 Å². The maximum absolute atomic E-state index is 12.0. The van der Waals surface area contributed by atoms with Gasteiger partial charge in [-0.2, -0.15) is 11.3 Å². The second kappa shape index (κ2) is 11.8. The Morgan fingerprint density at radius 3 is 2.94 bits per heavy atom. The number of thiophene rings is 1. The summed E-state index contributed by atoms with van der Waals surface area (Å²) in [5, 5.41) is 26.1. The molecular weight excluding hydrogens is 448 g/mol. The van der Waals surface area contributed by atoms with Crippen LogP contribution in [0.3, 0.4) is 0 Å². The highest BCUT2D eigenvalue weighted by molar-refractivity contribution is 7.07. The molecule has 3 aromatic rings. The van der Waals surface area contributed by atoms with E-state index in [4.69, 9.17) is 4.74 Å². The Morgan fingerprint density at radius 2 is 2.18 bits per heavy atom. The summed E-state index contributed by atoms with van der Waals surface area (Å²) < 4.78 is 5.34. The summed E-state index contributed by atoms with van der Waals surface area (Å²) in [6, 6.07) is 9.67. The first kappa shape index (κ1) is 24.6. The molecule has 1 aliphatic heterocycles. The molecule has 0 aliphatic carbocycles. The Balaban J connectivity index is 1.31. The van der Waals surface area contributed by atoms with Crippen molar-refractivity contribution in [2.75, 3.05) is 26.7 Å². The molecule has 1 aliphatic rings. The summed E-state index contributed by atoms with van der Waals surface area (Å²) in [6.45, 7) is 2.48. The van der Waals surface area contributed by atoms with Crippen LogP contribution >= 0.6 is 11.3 Å². The molecule has 0 amide bonds. The van der Waals surface area contributed by atoms with Crippen LogP contribution in [0.1, 0.15) is 49.3 Å². The first-order chi connectivity index (χ1) is 16.5. The highest BCUT2D eigenvalue weighted by atomic mass is 32.1. The number of aliphatic carboxylic acids is 1. The molecule has 3 atom stereocenters. The van der Waals surface area contributed by atoms with E-state index in [1.807, 2.05) is 24.3 Å². The van der Waals surface area contributed by atoms with Gasteiger partial charge in [0.2, 0.25) is 0 Å². The number of rotatable bonds is 11. The summed E-state index contributed by atoms with van der Waals surface area (Å²) in [5.74, 6) is -0.298. The third-order valence-corrected chi connectivity index (χ3v) is 7.81. The predicted octanol–water partition coefficient (Wildman–Crippen LogP) is 5.16. The van der Waals surface area contributed by atoms with Crippen LogP contribution in [0.4, 0.5) is 0 Å². The number of carbonyl (C=O) groups is 1. The lowest BCUT2D eigenvalue weighted by Crippen LogP contribution is -2.44. The van der Waals surface area contributed by atoms with Crippen molar-refractivity contribution in [1.82, 2.24) is 9.88 Å². The first-order valence-corrected chi connectivity index (χ1v) is 13.1. The second-order valence-corrected chi connectivity index (χ2v) is 10.0. The third-order valence-electron chi connectivity index (χ3n) is 7.08. The number of likely N-dealkylation sites (tertiary alicyclic amines) is 1. The van der Waals surface area contributed by atoms with Gasteiger partial charge in [0, 0.05) is 18.1 Å². The number of pyridine rings is 1. The SMILES string of the molecule is COc1ccc2nccc([C@H](O)CC[C@@H]3CCN(CCCCc4ccsc4)C[C@@H]3C(=O)O)c2c1. The van der Waals surface area contributed by atoms with Crippen LogP contribution in [0.25, 0.3) is 10.9 Å². The Kier molecular flexibility index (Phi) is 8.53. The number of fused-ring (bicyclic) bond motifs is 1. The quantitative estimate of drug-likeness (QED) is 0.367. The summed E-state index contributed by atoms with van der Waals surface area (Å²) in [7, 11) is 1.62. The number of aliphatic hydroxyl groups excluding tert-OH is 1. The van der Waals surface area contributed by atoms with Crippen molar-refractivity contribution in [1.29, 1.82) is 0 Å². The number of unbranched alkanes of at least 4 members (excludes halogenated alkanes) is 1. The lowest BCUT2D eigenvalue weighted by molar-refractivity contribution is -0.146. The van der Waals surface area contributed by atoms with Crippen LogP contribution in [0.5, 0.6) is 5.75 Å². The Hall–Kier alpha value is -2.48. The topological polar surface area (TPSA) is 82.9 Å². The van der Waals surface area contributed by atoms with Gasteiger partial charge >= 0.3 is 5.97 Å². The molecule has 2 N–H and O–H groups in total. The number of aromatic nitrogens is 1. The highest BCUT2D eigenvalue weighted by Gasteiger charge is 2.34. The number of benzene rings is 1. The van der Waals surface area contributed by atoms with Crippen LogP contribution in [0.15, 0.2) is 47.3 Å². The number of carboxylic acid groups (broad SMARTS) is 1. The molecule has 3 heterocycles. The summed E-state index contributed by atoms with van der Waals surface area (Å²) in [6.07, 6.45) is 6.44. The zero-order valence-electron chi connectivity index (χ0n) is 19.7. The Morgan fingerprint density at radius 1 is 1.29 bits per heavy atom. The van der Waals surface area contributed by atoms with Gasteiger partial charge in [-0.25, -0.2) is 0 Å².